The Labute approximate surface area is 139 Å². The molecule has 3 aromatic rings. The van der Waals surface area contributed by atoms with Crippen molar-refractivity contribution < 1.29 is 13.9 Å². The first-order chi connectivity index (χ1) is 11.5. The molecule has 0 bridgehead atoms. The summed E-state index contributed by atoms with van der Waals surface area (Å²) >= 11 is 0. The van der Waals surface area contributed by atoms with Crippen molar-refractivity contribution >= 4 is 16.8 Å². The van der Waals surface area contributed by atoms with Crippen LogP contribution in [0.4, 0.5) is 4.39 Å². The van der Waals surface area contributed by atoms with Gasteiger partial charge in [0.25, 0.3) is 5.91 Å². The molecular formula is C19H19FN2O2. The second kappa shape index (κ2) is 6.74. The van der Waals surface area contributed by atoms with Crippen LogP contribution in [0.25, 0.3) is 10.9 Å². The minimum atomic E-state index is -0.319. The van der Waals surface area contributed by atoms with E-state index in [1.165, 1.54) is 17.7 Å². The van der Waals surface area contributed by atoms with E-state index in [0.717, 1.165) is 11.3 Å². The van der Waals surface area contributed by atoms with Crippen LogP contribution in [0.3, 0.4) is 0 Å². The number of carbonyl (C=O) groups excluding carboxylic acids is 1. The Morgan fingerprint density at radius 3 is 2.67 bits per heavy atom. The highest BCUT2D eigenvalue weighted by atomic mass is 19.1. The van der Waals surface area contributed by atoms with Crippen molar-refractivity contribution in [3.63, 3.8) is 0 Å². The predicted molar refractivity (Wildman–Crippen MR) is 91.9 cm³/mol. The zero-order chi connectivity index (χ0) is 17.1. The molecule has 5 heteroatoms. The van der Waals surface area contributed by atoms with Crippen molar-refractivity contribution in [1.29, 1.82) is 0 Å². The predicted octanol–water partition coefficient (Wildman–Crippen LogP) is 3.77. The molecule has 4 nitrogen and oxygen atoms in total. The van der Waals surface area contributed by atoms with E-state index in [4.69, 9.17) is 4.74 Å². The van der Waals surface area contributed by atoms with Gasteiger partial charge in [0.2, 0.25) is 0 Å². The van der Waals surface area contributed by atoms with E-state index in [1.54, 1.807) is 24.1 Å². The van der Waals surface area contributed by atoms with Crippen LogP contribution >= 0.6 is 0 Å². The number of aromatic nitrogens is 1. The number of carbonyl (C=O) groups is 1. The van der Waals surface area contributed by atoms with Gasteiger partial charge >= 0.3 is 0 Å². The molecule has 0 aliphatic carbocycles. The molecule has 0 aliphatic heterocycles. The van der Waals surface area contributed by atoms with Crippen LogP contribution < -0.4 is 4.74 Å². The van der Waals surface area contributed by atoms with Crippen LogP contribution in [0.2, 0.25) is 0 Å². The number of rotatable bonds is 5. The van der Waals surface area contributed by atoms with E-state index in [-0.39, 0.29) is 11.7 Å². The maximum absolute atomic E-state index is 13.2. The summed E-state index contributed by atoms with van der Waals surface area (Å²) in [5, 5.41) is 0.683. The number of benzene rings is 2. The number of likely N-dealkylation sites (N-methyl/N-ethyl adjacent to an activating group) is 1. The minimum absolute atomic E-state index is 0.154. The summed E-state index contributed by atoms with van der Waals surface area (Å²) in [7, 11) is 1.72. The Balaban J connectivity index is 1.60. The molecule has 124 valence electrons. The highest BCUT2D eigenvalue weighted by Gasteiger charge is 2.14. The molecular weight excluding hydrogens is 307 g/mol. The van der Waals surface area contributed by atoms with Gasteiger partial charge in [-0.3, -0.25) is 4.79 Å². The van der Waals surface area contributed by atoms with Gasteiger partial charge < -0.3 is 14.6 Å². The normalized spacial score (nSPS) is 10.8. The second-order valence-corrected chi connectivity index (χ2v) is 5.80. The van der Waals surface area contributed by atoms with Crippen molar-refractivity contribution in [2.24, 2.45) is 0 Å². The van der Waals surface area contributed by atoms with Gasteiger partial charge in [-0.05, 0) is 43.3 Å². The van der Waals surface area contributed by atoms with Crippen molar-refractivity contribution in [3.05, 3.63) is 65.6 Å². The lowest BCUT2D eigenvalue weighted by atomic mass is 10.2. The van der Waals surface area contributed by atoms with Gasteiger partial charge in [0.15, 0.2) is 0 Å². The fraction of sp³-hybridized carbons (Fsp3) is 0.211. The first kappa shape index (κ1) is 16.1. The quantitative estimate of drug-likeness (QED) is 0.776. The van der Waals surface area contributed by atoms with Crippen molar-refractivity contribution in [3.8, 4) is 5.75 Å². The largest absolute Gasteiger partial charge is 0.492 e. The van der Waals surface area contributed by atoms with Gasteiger partial charge in [-0.2, -0.15) is 0 Å². The van der Waals surface area contributed by atoms with Gasteiger partial charge in [0.1, 0.15) is 23.9 Å². The van der Waals surface area contributed by atoms with E-state index in [0.29, 0.717) is 24.2 Å². The van der Waals surface area contributed by atoms with Crippen LogP contribution in [-0.4, -0.2) is 36.0 Å². The van der Waals surface area contributed by atoms with E-state index < -0.39 is 0 Å². The van der Waals surface area contributed by atoms with Gasteiger partial charge in [-0.15, -0.1) is 0 Å². The van der Waals surface area contributed by atoms with Crippen LogP contribution in [0.1, 0.15) is 16.1 Å². The number of ether oxygens (including phenoxy) is 1. The first-order valence-electron chi connectivity index (χ1n) is 7.76. The van der Waals surface area contributed by atoms with Crippen molar-refractivity contribution in [2.75, 3.05) is 20.2 Å². The highest BCUT2D eigenvalue weighted by Crippen LogP contribution is 2.17. The Kier molecular flexibility index (Phi) is 4.51. The molecule has 1 aromatic heterocycles. The molecule has 0 saturated heterocycles. The topological polar surface area (TPSA) is 45.3 Å². The van der Waals surface area contributed by atoms with Crippen molar-refractivity contribution in [1.82, 2.24) is 9.88 Å². The van der Waals surface area contributed by atoms with Gasteiger partial charge in [-0.1, -0.05) is 17.7 Å². The molecule has 0 aliphatic rings. The molecule has 0 saturated carbocycles. The molecule has 1 amide bonds. The number of nitrogens with zero attached hydrogens (tertiary/aromatic N) is 1. The third-order valence-corrected chi connectivity index (χ3v) is 3.88. The van der Waals surface area contributed by atoms with E-state index in [9.17, 15) is 9.18 Å². The highest BCUT2D eigenvalue weighted by molar-refractivity contribution is 5.97. The summed E-state index contributed by atoms with van der Waals surface area (Å²) in [5.74, 6) is 0.307. The van der Waals surface area contributed by atoms with Gasteiger partial charge in [0.05, 0.1) is 6.54 Å². The zero-order valence-electron chi connectivity index (χ0n) is 13.7. The SMILES string of the molecule is Cc1ccc(OCCN(C)C(=O)c2cc3cc(F)ccc3[nH]2)cc1. The van der Waals surface area contributed by atoms with E-state index in [1.807, 2.05) is 31.2 Å². The van der Waals surface area contributed by atoms with E-state index >= 15 is 0 Å². The summed E-state index contributed by atoms with van der Waals surface area (Å²) in [6, 6.07) is 13.8. The summed E-state index contributed by atoms with van der Waals surface area (Å²) in [6.45, 7) is 2.87. The molecule has 1 N–H and O–H groups in total. The number of aryl methyl sites for hydroxylation is 1. The lowest BCUT2D eigenvalue weighted by molar-refractivity contribution is 0.0769. The van der Waals surface area contributed by atoms with Crippen molar-refractivity contribution in [2.45, 2.75) is 6.92 Å². The standard InChI is InChI=1S/C19H19FN2O2/c1-13-3-6-16(7-4-13)24-10-9-22(2)19(23)18-12-14-11-15(20)5-8-17(14)21-18/h3-8,11-12,21H,9-10H2,1-2H3. The molecule has 0 spiro atoms. The molecule has 0 radical (unpaired) electrons. The second-order valence-electron chi connectivity index (χ2n) is 5.80. The van der Waals surface area contributed by atoms with Crippen LogP contribution in [0.5, 0.6) is 5.75 Å². The molecule has 24 heavy (non-hydrogen) atoms. The molecule has 0 atom stereocenters. The Morgan fingerprint density at radius 1 is 1.17 bits per heavy atom. The molecule has 3 rings (SSSR count). The monoisotopic (exact) mass is 326 g/mol. The number of halogens is 1. The zero-order valence-corrected chi connectivity index (χ0v) is 13.7. The van der Waals surface area contributed by atoms with Crippen LogP contribution in [-0.2, 0) is 0 Å². The average molecular weight is 326 g/mol. The molecule has 1 heterocycles. The van der Waals surface area contributed by atoms with E-state index in [2.05, 4.69) is 4.98 Å². The maximum Gasteiger partial charge on any atom is 0.270 e. The minimum Gasteiger partial charge on any atom is -0.492 e. The lowest BCUT2D eigenvalue weighted by Crippen LogP contribution is -2.31. The number of fused-ring (bicyclic) bond motifs is 1. The third kappa shape index (κ3) is 3.56. The number of H-pyrrole nitrogens is 1. The number of aromatic amines is 1. The Bertz CT molecular complexity index is 855. The molecule has 0 unspecified atom stereocenters. The third-order valence-electron chi connectivity index (χ3n) is 3.88. The number of amides is 1. The van der Waals surface area contributed by atoms with Crippen LogP contribution in [0, 0.1) is 12.7 Å². The molecule has 0 fully saturated rings. The Morgan fingerprint density at radius 2 is 1.92 bits per heavy atom. The summed E-state index contributed by atoms with van der Waals surface area (Å²) in [4.78, 5) is 17.0. The van der Waals surface area contributed by atoms with Gasteiger partial charge in [-0.25, -0.2) is 4.39 Å². The number of nitrogens with one attached hydrogen (secondary N) is 1. The fourth-order valence-electron chi connectivity index (χ4n) is 2.46. The lowest BCUT2D eigenvalue weighted by Gasteiger charge is -2.16. The summed E-state index contributed by atoms with van der Waals surface area (Å²) in [5.41, 5.74) is 2.35. The number of hydrogen-bond acceptors (Lipinski definition) is 2. The number of hydrogen-bond donors (Lipinski definition) is 1. The van der Waals surface area contributed by atoms with Gasteiger partial charge in [0, 0.05) is 18.0 Å². The smallest absolute Gasteiger partial charge is 0.270 e. The average Bonchev–Trinajstić information content (AvgIpc) is 2.98. The summed E-state index contributed by atoms with van der Waals surface area (Å²) in [6.07, 6.45) is 0. The first-order valence-corrected chi connectivity index (χ1v) is 7.76. The Hall–Kier alpha value is -2.82. The molecule has 2 aromatic carbocycles. The van der Waals surface area contributed by atoms with Crippen LogP contribution in [0.15, 0.2) is 48.5 Å². The maximum atomic E-state index is 13.2. The summed E-state index contributed by atoms with van der Waals surface area (Å²) < 4.78 is 18.9. The fourth-order valence-corrected chi connectivity index (χ4v) is 2.46.